The van der Waals surface area contributed by atoms with Crippen molar-refractivity contribution >= 4 is 44.8 Å². The first kappa shape index (κ1) is 29.6. The van der Waals surface area contributed by atoms with Crippen molar-refractivity contribution in [2.75, 3.05) is 30.5 Å². The van der Waals surface area contributed by atoms with E-state index >= 15 is 4.39 Å². The van der Waals surface area contributed by atoms with E-state index in [0.717, 1.165) is 17.9 Å². The molecule has 0 unspecified atom stereocenters. The van der Waals surface area contributed by atoms with E-state index < -0.39 is 27.6 Å². The molecule has 0 spiro atoms. The number of methoxy groups -OCH3 is 1. The summed E-state index contributed by atoms with van der Waals surface area (Å²) >= 11 is 5.93. The van der Waals surface area contributed by atoms with Crippen LogP contribution in [0.4, 0.5) is 20.6 Å². The minimum atomic E-state index is -3.60. The van der Waals surface area contributed by atoms with Crippen molar-refractivity contribution in [3.05, 3.63) is 107 Å². The highest BCUT2D eigenvalue weighted by molar-refractivity contribution is 7.90. The maximum absolute atomic E-state index is 15.1. The van der Waals surface area contributed by atoms with Crippen LogP contribution in [0, 0.1) is 5.82 Å². The van der Waals surface area contributed by atoms with Crippen molar-refractivity contribution in [1.82, 2.24) is 4.90 Å². The molecule has 0 aromatic heterocycles. The number of halogens is 2. The lowest BCUT2D eigenvalue weighted by Gasteiger charge is -2.23. The Kier molecular flexibility index (Phi) is 9.26. The summed E-state index contributed by atoms with van der Waals surface area (Å²) in [6.45, 7) is -0.238. The van der Waals surface area contributed by atoms with Gasteiger partial charge in [-0.05, 0) is 66.2 Å². The van der Waals surface area contributed by atoms with Crippen LogP contribution in [-0.4, -0.2) is 45.2 Å². The molecule has 0 atom stereocenters. The fourth-order valence-electron chi connectivity index (χ4n) is 4.08. The lowest BCUT2D eigenvalue weighted by molar-refractivity contribution is -0.116. The third kappa shape index (κ3) is 7.84. The third-order valence-electron chi connectivity index (χ3n) is 6.08. The van der Waals surface area contributed by atoms with E-state index in [0.29, 0.717) is 16.5 Å². The maximum atomic E-state index is 15.1. The number of amides is 3. The average molecular weight is 596 g/mol. The standard InChI is InChI=1S/C30H27ClFN3O5S/c1-40-24-14-7-20(8-15-24)18-35(30(37)34-22-11-9-21(31)10-12-22)19-29(36)33-23-13-16-25(27(32)17-23)26-5-3-4-6-28(26)41(2,38)39/h3-17H,18-19H2,1-2H3,(H,33,36)(H,34,37). The van der Waals surface area contributed by atoms with Gasteiger partial charge < -0.3 is 20.3 Å². The number of nitrogens with one attached hydrogen (secondary N) is 2. The van der Waals surface area contributed by atoms with Crippen LogP contribution in [0.25, 0.3) is 11.1 Å². The maximum Gasteiger partial charge on any atom is 0.322 e. The van der Waals surface area contributed by atoms with Crippen LogP contribution in [0.2, 0.25) is 5.02 Å². The summed E-state index contributed by atoms with van der Waals surface area (Å²) in [4.78, 5) is 27.4. The molecule has 0 heterocycles. The third-order valence-corrected chi connectivity index (χ3v) is 7.49. The highest BCUT2D eigenvalue weighted by atomic mass is 35.5. The number of anilines is 2. The molecule has 8 nitrogen and oxygen atoms in total. The van der Waals surface area contributed by atoms with Crippen LogP contribution >= 0.6 is 11.6 Å². The summed E-state index contributed by atoms with van der Waals surface area (Å²) in [5.74, 6) is -0.629. The second kappa shape index (κ2) is 12.8. The normalized spacial score (nSPS) is 11.0. The van der Waals surface area contributed by atoms with Crippen LogP contribution in [-0.2, 0) is 21.2 Å². The van der Waals surface area contributed by atoms with Crippen LogP contribution in [0.3, 0.4) is 0 Å². The number of carbonyl (C=O) groups is 2. The van der Waals surface area contributed by atoms with Gasteiger partial charge in [0, 0.05) is 40.3 Å². The molecule has 0 bridgehead atoms. The fraction of sp³-hybridized carbons (Fsp3) is 0.133. The summed E-state index contributed by atoms with van der Waals surface area (Å²) in [6, 6.07) is 23.1. The molecule has 0 radical (unpaired) electrons. The highest BCUT2D eigenvalue weighted by Gasteiger charge is 2.20. The van der Waals surface area contributed by atoms with E-state index in [1.165, 1.54) is 29.2 Å². The number of rotatable bonds is 9. The first-order valence-electron chi connectivity index (χ1n) is 12.4. The topological polar surface area (TPSA) is 105 Å². The Labute approximate surface area is 242 Å². The zero-order chi connectivity index (χ0) is 29.6. The van der Waals surface area contributed by atoms with Crippen molar-refractivity contribution < 1.29 is 27.1 Å². The second-order valence-corrected chi connectivity index (χ2v) is 11.6. The summed E-state index contributed by atoms with van der Waals surface area (Å²) < 4.78 is 44.7. The minimum absolute atomic E-state index is 0.00319. The Morgan fingerprint density at radius 3 is 2.17 bits per heavy atom. The number of hydrogen-bond donors (Lipinski definition) is 2. The molecule has 0 aliphatic carbocycles. The van der Waals surface area contributed by atoms with Crippen molar-refractivity contribution in [3.8, 4) is 16.9 Å². The smallest absolute Gasteiger partial charge is 0.322 e. The molecule has 4 aromatic rings. The lowest BCUT2D eigenvalue weighted by Crippen LogP contribution is -2.40. The SMILES string of the molecule is COc1ccc(CN(CC(=O)Nc2ccc(-c3ccccc3S(C)(=O)=O)c(F)c2)C(=O)Nc2ccc(Cl)cc2)cc1. The van der Waals surface area contributed by atoms with Crippen molar-refractivity contribution in [1.29, 1.82) is 0 Å². The molecule has 0 aliphatic rings. The zero-order valence-corrected chi connectivity index (χ0v) is 23.8. The summed E-state index contributed by atoms with van der Waals surface area (Å²) in [7, 11) is -2.05. The molecule has 0 saturated carbocycles. The van der Waals surface area contributed by atoms with Gasteiger partial charge in [-0.15, -0.1) is 0 Å². The van der Waals surface area contributed by atoms with Crippen molar-refractivity contribution in [3.63, 3.8) is 0 Å². The molecule has 2 N–H and O–H groups in total. The Morgan fingerprint density at radius 2 is 1.54 bits per heavy atom. The van der Waals surface area contributed by atoms with Gasteiger partial charge >= 0.3 is 6.03 Å². The Bertz CT molecular complexity index is 1660. The summed E-state index contributed by atoms with van der Waals surface area (Å²) in [5, 5.41) is 5.87. The Balaban J connectivity index is 1.52. The number of carbonyl (C=O) groups excluding carboxylic acids is 2. The molecule has 11 heteroatoms. The number of hydrogen-bond acceptors (Lipinski definition) is 5. The van der Waals surface area contributed by atoms with Crippen LogP contribution < -0.4 is 15.4 Å². The van der Waals surface area contributed by atoms with E-state index in [9.17, 15) is 18.0 Å². The molecule has 41 heavy (non-hydrogen) atoms. The number of benzene rings is 4. The first-order chi connectivity index (χ1) is 19.5. The van der Waals surface area contributed by atoms with Crippen LogP contribution in [0.5, 0.6) is 5.75 Å². The molecular formula is C30H27ClFN3O5S. The second-order valence-electron chi connectivity index (χ2n) is 9.15. The molecule has 0 fully saturated rings. The van der Waals surface area contributed by atoms with E-state index in [4.69, 9.17) is 16.3 Å². The monoisotopic (exact) mass is 595 g/mol. The predicted octanol–water partition coefficient (Wildman–Crippen LogP) is 6.23. The number of sulfone groups is 1. The highest BCUT2D eigenvalue weighted by Crippen LogP contribution is 2.31. The van der Waals surface area contributed by atoms with E-state index in [2.05, 4.69) is 10.6 Å². The lowest BCUT2D eigenvalue weighted by atomic mass is 10.0. The van der Waals surface area contributed by atoms with Gasteiger partial charge in [0.2, 0.25) is 5.91 Å². The predicted molar refractivity (Wildman–Crippen MR) is 157 cm³/mol. The van der Waals surface area contributed by atoms with Gasteiger partial charge in [-0.2, -0.15) is 0 Å². The minimum Gasteiger partial charge on any atom is -0.497 e. The molecule has 0 saturated heterocycles. The van der Waals surface area contributed by atoms with Gasteiger partial charge in [0.1, 0.15) is 18.1 Å². The van der Waals surface area contributed by atoms with E-state index in [-0.39, 0.29) is 34.8 Å². The van der Waals surface area contributed by atoms with Gasteiger partial charge in [0.15, 0.2) is 9.84 Å². The van der Waals surface area contributed by atoms with Crippen LogP contribution in [0.1, 0.15) is 5.56 Å². The van der Waals surface area contributed by atoms with Crippen molar-refractivity contribution in [2.24, 2.45) is 0 Å². The largest absolute Gasteiger partial charge is 0.497 e. The zero-order valence-electron chi connectivity index (χ0n) is 22.2. The summed E-state index contributed by atoms with van der Waals surface area (Å²) in [6.07, 6.45) is 1.05. The first-order valence-corrected chi connectivity index (χ1v) is 14.6. The van der Waals surface area contributed by atoms with Crippen molar-refractivity contribution in [2.45, 2.75) is 11.4 Å². The quantitative estimate of drug-likeness (QED) is 0.239. The molecule has 4 aromatic carbocycles. The van der Waals surface area contributed by atoms with Crippen LogP contribution in [0.15, 0.2) is 95.9 Å². The van der Waals surface area contributed by atoms with Gasteiger partial charge in [0.25, 0.3) is 0 Å². The number of nitrogens with zero attached hydrogens (tertiary/aromatic N) is 1. The average Bonchev–Trinajstić information content (AvgIpc) is 2.94. The molecule has 212 valence electrons. The Morgan fingerprint density at radius 1 is 0.878 bits per heavy atom. The van der Waals surface area contributed by atoms with Gasteiger partial charge in [0.05, 0.1) is 12.0 Å². The van der Waals surface area contributed by atoms with E-state index in [1.54, 1.807) is 67.8 Å². The number of ether oxygens (including phenoxy) is 1. The molecule has 4 rings (SSSR count). The van der Waals surface area contributed by atoms with Gasteiger partial charge in [-0.25, -0.2) is 17.6 Å². The van der Waals surface area contributed by atoms with Gasteiger partial charge in [-0.1, -0.05) is 41.9 Å². The molecule has 0 aliphatic heterocycles. The van der Waals surface area contributed by atoms with E-state index in [1.807, 2.05) is 0 Å². The van der Waals surface area contributed by atoms with Gasteiger partial charge in [-0.3, -0.25) is 4.79 Å². The molecule has 3 amide bonds. The Hall–Kier alpha value is -4.41. The molecular weight excluding hydrogens is 569 g/mol. The fourth-order valence-corrected chi connectivity index (χ4v) is 5.11. The number of urea groups is 1. The summed E-state index contributed by atoms with van der Waals surface area (Å²) in [5.41, 5.74) is 1.69.